The number of alkyl halides is 1. The maximum atomic E-state index is 10.0. The minimum absolute atomic E-state index is 0.545. The molecule has 2 heterocycles. The third kappa shape index (κ3) is 3.06. The molecule has 0 bridgehead atoms. The number of aliphatic hydroxyl groups is 4. The monoisotopic (exact) mass is 407 g/mol. The molecule has 0 radical (unpaired) electrons. The van der Waals surface area contributed by atoms with E-state index in [2.05, 4.69) is 20.9 Å². The summed E-state index contributed by atoms with van der Waals surface area (Å²) in [5, 5.41) is 37.3. The number of ether oxygens (including phenoxy) is 2. The van der Waals surface area contributed by atoms with E-state index in [0.29, 0.717) is 11.3 Å². The average molecular weight is 409 g/mol. The molecule has 0 saturated carbocycles. The lowest BCUT2D eigenvalue weighted by molar-refractivity contribution is -0.311. The molecule has 1 unspecified atom stereocenters. The van der Waals surface area contributed by atoms with E-state index >= 15 is 0 Å². The summed E-state index contributed by atoms with van der Waals surface area (Å²) in [6.45, 7) is -0.545. The fourth-order valence-electron chi connectivity index (χ4n) is 2.54. The van der Waals surface area contributed by atoms with Crippen molar-refractivity contribution in [3.63, 3.8) is 0 Å². The molecular formula is C14H15BrClNO6. The second-order valence-electron chi connectivity index (χ2n) is 5.38. The van der Waals surface area contributed by atoms with Crippen LogP contribution in [0.3, 0.4) is 0 Å². The second-order valence-corrected chi connectivity index (χ2v) is 6.86. The molecule has 0 amide bonds. The number of hydrogen-bond acceptors (Lipinski definition) is 7. The van der Waals surface area contributed by atoms with Gasteiger partial charge in [-0.15, -0.1) is 0 Å². The first-order valence-corrected chi connectivity index (χ1v) is 8.05. The predicted molar refractivity (Wildman–Crippen MR) is 84.7 cm³/mol. The van der Waals surface area contributed by atoms with Crippen LogP contribution in [0.5, 0.6) is 0 Å². The van der Waals surface area contributed by atoms with E-state index < -0.39 is 42.4 Å². The van der Waals surface area contributed by atoms with E-state index in [9.17, 15) is 20.4 Å². The van der Waals surface area contributed by atoms with Crippen molar-refractivity contribution in [2.75, 3.05) is 6.61 Å². The lowest BCUT2D eigenvalue weighted by Gasteiger charge is -2.41. The Hall–Kier alpha value is -0.580. The van der Waals surface area contributed by atoms with Gasteiger partial charge in [-0.25, -0.2) is 0 Å². The van der Waals surface area contributed by atoms with E-state index in [-0.39, 0.29) is 0 Å². The van der Waals surface area contributed by atoms with Gasteiger partial charge in [0.1, 0.15) is 24.4 Å². The van der Waals surface area contributed by atoms with Crippen LogP contribution in [-0.4, -0.2) is 64.0 Å². The number of nitrogens with zero attached hydrogens (tertiary/aromatic N) is 1. The number of aliphatic imine (C=N–C) groups is 1. The zero-order chi connectivity index (χ0) is 16.8. The zero-order valence-electron chi connectivity index (χ0n) is 11.7. The largest absolute Gasteiger partial charge is 0.394 e. The van der Waals surface area contributed by atoms with Crippen LogP contribution in [-0.2, 0) is 14.5 Å². The first-order valence-electron chi connectivity index (χ1n) is 6.88. The molecule has 4 N–H and O–H groups in total. The van der Waals surface area contributed by atoms with Crippen molar-refractivity contribution in [3.05, 3.63) is 28.2 Å². The highest BCUT2D eigenvalue weighted by atomic mass is 79.9. The number of benzene rings is 1. The molecule has 1 aromatic carbocycles. The Morgan fingerprint density at radius 2 is 2.00 bits per heavy atom. The highest BCUT2D eigenvalue weighted by molar-refractivity contribution is 9.10. The van der Waals surface area contributed by atoms with Crippen molar-refractivity contribution in [2.24, 2.45) is 4.99 Å². The summed E-state index contributed by atoms with van der Waals surface area (Å²) in [6, 6.07) is 5.27. The summed E-state index contributed by atoms with van der Waals surface area (Å²) >= 11 is 9.79. The minimum atomic E-state index is -1.54. The molecule has 0 spiro atoms. The fourth-order valence-corrected chi connectivity index (χ4v) is 3.19. The zero-order valence-corrected chi connectivity index (χ0v) is 14.1. The molecule has 7 nitrogen and oxygen atoms in total. The number of rotatable bonds is 3. The maximum Gasteiger partial charge on any atom is 0.208 e. The predicted octanol–water partition coefficient (Wildman–Crippen LogP) is 0.373. The van der Waals surface area contributed by atoms with Crippen molar-refractivity contribution >= 4 is 39.4 Å². The van der Waals surface area contributed by atoms with Gasteiger partial charge >= 0.3 is 0 Å². The molecule has 126 valence electrons. The average Bonchev–Trinajstić information content (AvgIpc) is 2.85. The van der Waals surface area contributed by atoms with Gasteiger partial charge in [0.05, 0.1) is 18.5 Å². The van der Waals surface area contributed by atoms with E-state index in [4.69, 9.17) is 21.1 Å². The van der Waals surface area contributed by atoms with Gasteiger partial charge in [-0.1, -0.05) is 27.5 Å². The van der Waals surface area contributed by atoms with Crippen molar-refractivity contribution in [2.45, 2.75) is 35.8 Å². The molecule has 2 aliphatic heterocycles. The summed E-state index contributed by atoms with van der Waals surface area (Å²) < 4.78 is 11.7. The van der Waals surface area contributed by atoms with Gasteiger partial charge in [0.15, 0.2) is 6.29 Å². The van der Waals surface area contributed by atoms with E-state index in [1.807, 2.05) is 0 Å². The molecule has 1 fully saturated rings. The van der Waals surface area contributed by atoms with Crippen LogP contribution < -0.4 is 0 Å². The lowest BCUT2D eigenvalue weighted by Crippen LogP contribution is -2.60. The number of hydrogen-bond donors (Lipinski definition) is 4. The van der Waals surface area contributed by atoms with E-state index in [1.54, 1.807) is 18.2 Å². The molecule has 1 saturated heterocycles. The van der Waals surface area contributed by atoms with E-state index in [0.717, 1.165) is 4.47 Å². The van der Waals surface area contributed by atoms with Crippen LogP contribution in [0.15, 0.2) is 27.7 Å². The topological polar surface area (TPSA) is 112 Å². The molecule has 0 aromatic heterocycles. The van der Waals surface area contributed by atoms with Crippen molar-refractivity contribution < 1.29 is 29.9 Å². The van der Waals surface area contributed by atoms with Crippen molar-refractivity contribution in [1.82, 2.24) is 0 Å². The Balaban J connectivity index is 1.85. The Morgan fingerprint density at radius 1 is 1.26 bits per heavy atom. The van der Waals surface area contributed by atoms with Gasteiger partial charge in [-0.3, -0.25) is 4.99 Å². The van der Waals surface area contributed by atoms with E-state index in [1.165, 1.54) is 6.21 Å². The highest BCUT2D eigenvalue weighted by Crippen LogP contribution is 2.43. The fraction of sp³-hybridized carbons (Fsp3) is 0.500. The summed E-state index contributed by atoms with van der Waals surface area (Å²) in [5.41, 5.74) is 1.15. The van der Waals surface area contributed by atoms with Gasteiger partial charge in [-0.05, 0) is 18.2 Å². The molecule has 0 aliphatic carbocycles. The summed E-state index contributed by atoms with van der Waals surface area (Å²) in [7, 11) is 0. The maximum absolute atomic E-state index is 10.0. The van der Waals surface area contributed by atoms with Crippen LogP contribution in [0.25, 0.3) is 0 Å². The summed E-state index contributed by atoms with van der Waals surface area (Å²) in [5.74, 6) is 0. The van der Waals surface area contributed by atoms with Gasteiger partial charge in [-0.2, -0.15) is 0 Å². The van der Waals surface area contributed by atoms with Crippen LogP contribution in [0, 0.1) is 0 Å². The Morgan fingerprint density at radius 3 is 2.70 bits per heavy atom. The highest BCUT2D eigenvalue weighted by Gasteiger charge is 2.48. The third-order valence-corrected chi connectivity index (χ3v) is 4.72. The summed E-state index contributed by atoms with van der Waals surface area (Å²) in [4.78, 5) is 4.16. The first-order chi connectivity index (χ1) is 10.9. The molecule has 23 heavy (non-hydrogen) atoms. The third-order valence-electron chi connectivity index (χ3n) is 3.83. The number of fused-ring (bicyclic) bond motifs is 1. The molecule has 6 atom stereocenters. The Labute approximate surface area is 145 Å². The molecule has 3 rings (SSSR count). The Bertz CT molecular complexity index is 629. The standard InChI is InChI=1S/C14H15BrClNO6/c15-6-1-2-8-7(3-6)14(16,5-17-8)23-13-12(21)11(20)10(19)9(4-18)22-13/h1-3,5,9-13,18-21H,4H2/t9-,10-,11+,12-,13+,14?/m1/s1. The second kappa shape index (κ2) is 6.38. The van der Waals surface area contributed by atoms with Gasteiger partial charge in [0.2, 0.25) is 5.06 Å². The first kappa shape index (κ1) is 17.2. The van der Waals surface area contributed by atoms with Gasteiger partial charge < -0.3 is 29.9 Å². The van der Waals surface area contributed by atoms with Gasteiger partial charge in [0.25, 0.3) is 0 Å². The van der Waals surface area contributed by atoms with Crippen LogP contribution in [0.4, 0.5) is 5.69 Å². The normalized spacial score (nSPS) is 39.5. The smallest absolute Gasteiger partial charge is 0.208 e. The van der Waals surface area contributed by atoms with Crippen molar-refractivity contribution in [3.8, 4) is 0 Å². The lowest BCUT2D eigenvalue weighted by atomic mass is 9.99. The van der Waals surface area contributed by atoms with Crippen molar-refractivity contribution in [1.29, 1.82) is 0 Å². The number of aliphatic hydroxyl groups excluding tert-OH is 4. The Kier molecular flexibility index (Phi) is 4.78. The number of halogens is 2. The summed E-state index contributed by atoms with van der Waals surface area (Å²) in [6.07, 6.45) is -5.59. The quantitative estimate of drug-likeness (QED) is 0.538. The SMILES string of the molecule is OC[C@H]1O[C@@H](OC2(Cl)C=Nc3ccc(Br)cc32)[C@H](O)[C@@H](O)[C@@H]1O. The minimum Gasteiger partial charge on any atom is -0.394 e. The van der Waals surface area contributed by atoms with Crippen LogP contribution >= 0.6 is 27.5 Å². The molecule has 1 aromatic rings. The molecular weight excluding hydrogens is 394 g/mol. The van der Waals surface area contributed by atoms with Crippen LogP contribution in [0.1, 0.15) is 5.56 Å². The molecule has 2 aliphatic rings. The van der Waals surface area contributed by atoms with Crippen LogP contribution in [0.2, 0.25) is 0 Å². The van der Waals surface area contributed by atoms with Gasteiger partial charge in [0, 0.05) is 10.0 Å². The molecule has 9 heteroatoms.